The first kappa shape index (κ1) is 15.4. The molecule has 1 unspecified atom stereocenters. The first-order chi connectivity index (χ1) is 10.2. The number of rotatable bonds is 7. The van der Waals surface area contributed by atoms with Crippen LogP contribution in [0.1, 0.15) is 37.4 Å². The Morgan fingerprint density at radius 1 is 1.19 bits per heavy atom. The van der Waals surface area contributed by atoms with Crippen molar-refractivity contribution in [2.45, 2.75) is 32.9 Å². The third kappa shape index (κ3) is 4.26. The van der Waals surface area contributed by atoms with E-state index in [0.717, 1.165) is 25.3 Å². The predicted octanol–water partition coefficient (Wildman–Crippen LogP) is 3.17. The van der Waals surface area contributed by atoms with Crippen molar-refractivity contribution < 1.29 is 0 Å². The van der Waals surface area contributed by atoms with Gasteiger partial charge in [0, 0.05) is 43.8 Å². The van der Waals surface area contributed by atoms with Gasteiger partial charge in [-0.25, -0.2) is 4.98 Å². The zero-order chi connectivity index (χ0) is 15.1. The van der Waals surface area contributed by atoms with Gasteiger partial charge < -0.3 is 10.2 Å². The number of hydrogen-bond donors (Lipinski definition) is 1. The molecule has 0 spiro atoms. The van der Waals surface area contributed by atoms with Gasteiger partial charge in [0.2, 0.25) is 0 Å². The summed E-state index contributed by atoms with van der Waals surface area (Å²) in [5.74, 6) is 1.03. The largest absolute Gasteiger partial charge is 0.355 e. The molecule has 4 heteroatoms. The Bertz CT molecular complexity index is 541. The third-order valence-corrected chi connectivity index (χ3v) is 3.51. The van der Waals surface area contributed by atoms with Gasteiger partial charge in [-0.05, 0) is 43.7 Å². The SMILES string of the molecule is CCCNC(C)c1cccnc1N(C)Cc1ccncc1. The van der Waals surface area contributed by atoms with Gasteiger partial charge in [-0.1, -0.05) is 13.0 Å². The fraction of sp³-hybridized carbons (Fsp3) is 0.412. The third-order valence-electron chi connectivity index (χ3n) is 3.51. The molecule has 2 aromatic rings. The molecular weight excluding hydrogens is 260 g/mol. The van der Waals surface area contributed by atoms with Crippen LogP contribution >= 0.6 is 0 Å². The molecule has 0 fully saturated rings. The van der Waals surface area contributed by atoms with E-state index in [9.17, 15) is 0 Å². The lowest BCUT2D eigenvalue weighted by molar-refractivity contribution is 0.568. The van der Waals surface area contributed by atoms with E-state index in [1.54, 1.807) is 0 Å². The molecule has 0 aliphatic rings. The molecule has 0 aliphatic carbocycles. The number of nitrogens with zero attached hydrogens (tertiary/aromatic N) is 3. The van der Waals surface area contributed by atoms with Crippen molar-refractivity contribution in [3.63, 3.8) is 0 Å². The van der Waals surface area contributed by atoms with Gasteiger partial charge in [0.1, 0.15) is 5.82 Å². The minimum Gasteiger partial charge on any atom is -0.355 e. The Labute approximate surface area is 127 Å². The van der Waals surface area contributed by atoms with E-state index in [4.69, 9.17) is 0 Å². The lowest BCUT2D eigenvalue weighted by Gasteiger charge is -2.24. The Hall–Kier alpha value is -1.94. The van der Waals surface area contributed by atoms with E-state index < -0.39 is 0 Å². The fourth-order valence-corrected chi connectivity index (χ4v) is 2.37. The first-order valence-corrected chi connectivity index (χ1v) is 7.50. The monoisotopic (exact) mass is 284 g/mol. The fourth-order valence-electron chi connectivity index (χ4n) is 2.37. The molecule has 0 bridgehead atoms. The van der Waals surface area contributed by atoms with Crippen LogP contribution < -0.4 is 10.2 Å². The number of hydrogen-bond acceptors (Lipinski definition) is 4. The van der Waals surface area contributed by atoms with Crippen LogP contribution in [0.3, 0.4) is 0 Å². The topological polar surface area (TPSA) is 41.1 Å². The van der Waals surface area contributed by atoms with Crippen LogP contribution in [0.25, 0.3) is 0 Å². The van der Waals surface area contributed by atoms with Crippen molar-refractivity contribution in [3.05, 3.63) is 54.0 Å². The number of nitrogens with one attached hydrogen (secondary N) is 1. The summed E-state index contributed by atoms with van der Waals surface area (Å²) in [6.07, 6.45) is 6.64. The zero-order valence-corrected chi connectivity index (χ0v) is 13.1. The molecule has 21 heavy (non-hydrogen) atoms. The van der Waals surface area contributed by atoms with E-state index in [2.05, 4.69) is 47.1 Å². The van der Waals surface area contributed by atoms with E-state index in [-0.39, 0.29) is 0 Å². The molecule has 2 rings (SSSR count). The Morgan fingerprint density at radius 3 is 2.67 bits per heavy atom. The summed E-state index contributed by atoms with van der Waals surface area (Å²) in [5.41, 5.74) is 2.47. The summed E-state index contributed by atoms with van der Waals surface area (Å²) in [7, 11) is 2.08. The van der Waals surface area contributed by atoms with Crippen LogP contribution in [0.5, 0.6) is 0 Å². The summed E-state index contributed by atoms with van der Waals surface area (Å²) in [6, 6.07) is 8.53. The molecule has 112 valence electrons. The molecule has 0 amide bonds. The molecule has 0 radical (unpaired) electrons. The normalized spacial score (nSPS) is 12.1. The molecule has 2 heterocycles. The second-order valence-electron chi connectivity index (χ2n) is 5.30. The highest BCUT2D eigenvalue weighted by Crippen LogP contribution is 2.24. The van der Waals surface area contributed by atoms with Crippen molar-refractivity contribution in [3.8, 4) is 0 Å². The second-order valence-corrected chi connectivity index (χ2v) is 5.30. The second kappa shape index (κ2) is 7.74. The lowest BCUT2D eigenvalue weighted by Crippen LogP contribution is -2.24. The maximum Gasteiger partial charge on any atom is 0.133 e. The van der Waals surface area contributed by atoms with Gasteiger partial charge in [0.05, 0.1) is 0 Å². The van der Waals surface area contributed by atoms with Crippen molar-refractivity contribution >= 4 is 5.82 Å². The highest BCUT2D eigenvalue weighted by Gasteiger charge is 2.14. The molecule has 0 saturated carbocycles. The molecule has 0 aliphatic heterocycles. The number of pyridine rings is 2. The summed E-state index contributed by atoms with van der Waals surface area (Å²) in [6.45, 7) is 6.21. The standard InChI is InChI=1S/C17H24N4/c1-4-9-19-14(2)16-6-5-10-20-17(16)21(3)13-15-7-11-18-12-8-15/h5-8,10-12,14,19H,4,9,13H2,1-3H3. The summed E-state index contributed by atoms with van der Waals surface area (Å²) < 4.78 is 0. The Morgan fingerprint density at radius 2 is 1.95 bits per heavy atom. The van der Waals surface area contributed by atoms with Crippen LogP contribution in [-0.2, 0) is 6.54 Å². The predicted molar refractivity (Wildman–Crippen MR) is 87.3 cm³/mol. The summed E-state index contributed by atoms with van der Waals surface area (Å²) >= 11 is 0. The molecular formula is C17H24N4. The molecule has 0 aromatic carbocycles. The van der Waals surface area contributed by atoms with Crippen molar-refractivity contribution in [2.24, 2.45) is 0 Å². The van der Waals surface area contributed by atoms with E-state index >= 15 is 0 Å². The van der Waals surface area contributed by atoms with Crippen LogP contribution in [0.2, 0.25) is 0 Å². The smallest absolute Gasteiger partial charge is 0.133 e. The minimum atomic E-state index is 0.300. The van der Waals surface area contributed by atoms with Crippen LogP contribution in [0, 0.1) is 0 Å². The van der Waals surface area contributed by atoms with E-state index in [1.165, 1.54) is 11.1 Å². The van der Waals surface area contributed by atoms with Gasteiger partial charge in [0.15, 0.2) is 0 Å². The highest BCUT2D eigenvalue weighted by molar-refractivity contribution is 5.48. The number of aromatic nitrogens is 2. The molecule has 2 aromatic heterocycles. The van der Waals surface area contributed by atoms with Crippen LogP contribution in [0.15, 0.2) is 42.9 Å². The van der Waals surface area contributed by atoms with Gasteiger partial charge in [-0.2, -0.15) is 0 Å². The van der Waals surface area contributed by atoms with Gasteiger partial charge in [-0.3, -0.25) is 4.98 Å². The maximum atomic E-state index is 4.57. The van der Waals surface area contributed by atoms with Gasteiger partial charge in [-0.15, -0.1) is 0 Å². The highest BCUT2D eigenvalue weighted by atomic mass is 15.2. The van der Waals surface area contributed by atoms with Gasteiger partial charge >= 0.3 is 0 Å². The van der Waals surface area contributed by atoms with Crippen molar-refractivity contribution in [1.82, 2.24) is 15.3 Å². The molecule has 0 saturated heterocycles. The summed E-state index contributed by atoms with van der Waals surface area (Å²) in [4.78, 5) is 10.8. The zero-order valence-electron chi connectivity index (χ0n) is 13.1. The van der Waals surface area contributed by atoms with E-state index in [0.29, 0.717) is 6.04 Å². The Kier molecular flexibility index (Phi) is 5.69. The average molecular weight is 284 g/mol. The molecule has 1 N–H and O–H groups in total. The van der Waals surface area contributed by atoms with Crippen molar-refractivity contribution in [2.75, 3.05) is 18.5 Å². The minimum absolute atomic E-state index is 0.300. The summed E-state index contributed by atoms with van der Waals surface area (Å²) in [5, 5.41) is 3.53. The van der Waals surface area contributed by atoms with Gasteiger partial charge in [0.25, 0.3) is 0 Å². The molecule has 1 atom stereocenters. The van der Waals surface area contributed by atoms with Crippen LogP contribution in [0.4, 0.5) is 5.82 Å². The maximum absolute atomic E-state index is 4.57. The number of anilines is 1. The lowest BCUT2D eigenvalue weighted by atomic mass is 10.1. The average Bonchev–Trinajstić information content (AvgIpc) is 2.53. The quantitative estimate of drug-likeness (QED) is 0.848. The first-order valence-electron chi connectivity index (χ1n) is 7.50. The molecule has 4 nitrogen and oxygen atoms in total. The van der Waals surface area contributed by atoms with Crippen LogP contribution in [-0.4, -0.2) is 23.6 Å². The van der Waals surface area contributed by atoms with E-state index in [1.807, 2.05) is 36.8 Å². The van der Waals surface area contributed by atoms with Crippen molar-refractivity contribution in [1.29, 1.82) is 0 Å². The Balaban J connectivity index is 2.15.